The van der Waals surface area contributed by atoms with Crippen molar-refractivity contribution in [2.24, 2.45) is 5.92 Å². The molecule has 0 heterocycles. The van der Waals surface area contributed by atoms with Crippen molar-refractivity contribution in [2.75, 3.05) is 0 Å². The standard InChI is InChI=1S/C12H23NO2/c1-9(2)8-11(14)12(15)13-10-6-4-3-5-7-10/h9-11,14H,3-8H2,1-2H3,(H,13,15). The van der Waals surface area contributed by atoms with Crippen LogP contribution >= 0.6 is 0 Å². The molecule has 0 aromatic carbocycles. The van der Waals surface area contributed by atoms with Gasteiger partial charge in [-0.15, -0.1) is 0 Å². The maximum atomic E-state index is 11.6. The molecule has 1 fully saturated rings. The summed E-state index contributed by atoms with van der Waals surface area (Å²) in [7, 11) is 0. The zero-order valence-corrected chi connectivity index (χ0v) is 9.83. The van der Waals surface area contributed by atoms with Crippen LogP contribution in [-0.4, -0.2) is 23.2 Å². The van der Waals surface area contributed by atoms with Crippen molar-refractivity contribution < 1.29 is 9.90 Å². The Hall–Kier alpha value is -0.570. The fourth-order valence-corrected chi connectivity index (χ4v) is 2.10. The van der Waals surface area contributed by atoms with E-state index in [0.717, 1.165) is 12.8 Å². The second kappa shape index (κ2) is 6.11. The highest BCUT2D eigenvalue weighted by Crippen LogP contribution is 2.17. The molecule has 1 amide bonds. The van der Waals surface area contributed by atoms with E-state index in [4.69, 9.17) is 0 Å². The third kappa shape index (κ3) is 4.65. The van der Waals surface area contributed by atoms with Gasteiger partial charge < -0.3 is 10.4 Å². The quantitative estimate of drug-likeness (QED) is 0.748. The van der Waals surface area contributed by atoms with Crippen LogP contribution < -0.4 is 5.32 Å². The normalized spacial score (nSPS) is 20.3. The largest absolute Gasteiger partial charge is 0.383 e. The second-order valence-electron chi connectivity index (χ2n) is 4.99. The Kier molecular flexibility index (Phi) is 5.09. The molecule has 0 saturated heterocycles. The van der Waals surface area contributed by atoms with Crippen molar-refractivity contribution in [3.05, 3.63) is 0 Å². The van der Waals surface area contributed by atoms with Gasteiger partial charge in [-0.2, -0.15) is 0 Å². The zero-order valence-electron chi connectivity index (χ0n) is 9.83. The summed E-state index contributed by atoms with van der Waals surface area (Å²) in [5.41, 5.74) is 0. The molecule has 1 saturated carbocycles. The van der Waals surface area contributed by atoms with Gasteiger partial charge in [-0.3, -0.25) is 4.79 Å². The molecule has 0 radical (unpaired) electrons. The second-order valence-corrected chi connectivity index (χ2v) is 4.99. The van der Waals surface area contributed by atoms with Gasteiger partial charge >= 0.3 is 0 Å². The fourth-order valence-electron chi connectivity index (χ4n) is 2.10. The third-order valence-electron chi connectivity index (χ3n) is 2.95. The third-order valence-corrected chi connectivity index (χ3v) is 2.95. The first-order chi connectivity index (χ1) is 7.09. The highest BCUT2D eigenvalue weighted by molar-refractivity contribution is 5.80. The van der Waals surface area contributed by atoms with Crippen LogP contribution in [0.2, 0.25) is 0 Å². The van der Waals surface area contributed by atoms with Gasteiger partial charge in [0.2, 0.25) is 5.91 Å². The lowest BCUT2D eigenvalue weighted by Crippen LogP contribution is -2.42. The van der Waals surface area contributed by atoms with E-state index in [1.54, 1.807) is 0 Å². The zero-order chi connectivity index (χ0) is 11.3. The predicted octanol–water partition coefficient (Wildman–Crippen LogP) is 1.84. The Bertz CT molecular complexity index is 198. The molecule has 3 nitrogen and oxygen atoms in total. The monoisotopic (exact) mass is 213 g/mol. The molecule has 2 N–H and O–H groups in total. The highest BCUT2D eigenvalue weighted by atomic mass is 16.3. The van der Waals surface area contributed by atoms with Crippen molar-refractivity contribution >= 4 is 5.91 Å². The van der Waals surface area contributed by atoms with Gasteiger partial charge in [0.05, 0.1) is 0 Å². The molecular formula is C12H23NO2. The van der Waals surface area contributed by atoms with Crippen molar-refractivity contribution in [3.8, 4) is 0 Å². The number of rotatable bonds is 4. The van der Waals surface area contributed by atoms with E-state index >= 15 is 0 Å². The summed E-state index contributed by atoms with van der Waals surface area (Å²) in [5, 5.41) is 12.5. The van der Waals surface area contributed by atoms with E-state index in [1.807, 2.05) is 13.8 Å². The number of aliphatic hydroxyl groups excluding tert-OH is 1. The van der Waals surface area contributed by atoms with Crippen LogP contribution in [0.5, 0.6) is 0 Å². The van der Waals surface area contributed by atoms with Crippen molar-refractivity contribution in [2.45, 2.75) is 64.5 Å². The molecule has 0 bridgehead atoms. The summed E-state index contributed by atoms with van der Waals surface area (Å²) in [4.78, 5) is 11.6. The van der Waals surface area contributed by atoms with E-state index in [-0.39, 0.29) is 5.91 Å². The topological polar surface area (TPSA) is 49.3 Å². The maximum absolute atomic E-state index is 11.6. The highest BCUT2D eigenvalue weighted by Gasteiger charge is 2.21. The number of carbonyl (C=O) groups is 1. The van der Waals surface area contributed by atoms with Crippen molar-refractivity contribution in [1.82, 2.24) is 5.32 Å². The van der Waals surface area contributed by atoms with Crippen molar-refractivity contribution in [3.63, 3.8) is 0 Å². The molecule has 3 heteroatoms. The van der Waals surface area contributed by atoms with Crippen LogP contribution in [0, 0.1) is 5.92 Å². The molecule has 1 unspecified atom stereocenters. The van der Waals surface area contributed by atoms with E-state index in [0.29, 0.717) is 18.4 Å². The first-order valence-corrected chi connectivity index (χ1v) is 6.08. The molecule has 88 valence electrons. The van der Waals surface area contributed by atoms with Crippen LogP contribution in [0.4, 0.5) is 0 Å². The van der Waals surface area contributed by atoms with E-state index in [2.05, 4.69) is 5.32 Å². The van der Waals surface area contributed by atoms with Crippen LogP contribution in [0.3, 0.4) is 0 Å². The smallest absolute Gasteiger partial charge is 0.249 e. The van der Waals surface area contributed by atoms with Gasteiger partial charge in [0.25, 0.3) is 0 Å². The van der Waals surface area contributed by atoms with Gasteiger partial charge in [0.1, 0.15) is 6.10 Å². The number of aliphatic hydroxyl groups is 1. The summed E-state index contributed by atoms with van der Waals surface area (Å²) in [6.45, 7) is 4.02. The number of amides is 1. The number of hydrogen-bond donors (Lipinski definition) is 2. The first-order valence-electron chi connectivity index (χ1n) is 6.08. The van der Waals surface area contributed by atoms with E-state index in [9.17, 15) is 9.90 Å². The molecule has 15 heavy (non-hydrogen) atoms. The van der Waals surface area contributed by atoms with E-state index < -0.39 is 6.10 Å². The minimum Gasteiger partial charge on any atom is -0.383 e. The summed E-state index contributed by atoms with van der Waals surface area (Å²) in [6.07, 6.45) is 5.54. The van der Waals surface area contributed by atoms with Crippen LogP contribution in [-0.2, 0) is 4.79 Å². The molecule has 1 aliphatic carbocycles. The Labute approximate surface area is 92.3 Å². The van der Waals surface area contributed by atoms with Crippen LogP contribution in [0.25, 0.3) is 0 Å². The maximum Gasteiger partial charge on any atom is 0.249 e. The van der Waals surface area contributed by atoms with Gasteiger partial charge in [-0.05, 0) is 25.2 Å². The summed E-state index contributed by atoms with van der Waals surface area (Å²) in [6, 6.07) is 0.299. The number of carbonyl (C=O) groups excluding carboxylic acids is 1. The Morgan fingerprint density at radius 3 is 2.47 bits per heavy atom. The summed E-state index contributed by atoms with van der Waals surface area (Å²) < 4.78 is 0. The number of nitrogens with one attached hydrogen (secondary N) is 1. The number of hydrogen-bond acceptors (Lipinski definition) is 2. The van der Waals surface area contributed by atoms with Gasteiger partial charge in [-0.25, -0.2) is 0 Å². The molecule has 1 atom stereocenters. The Balaban J connectivity index is 2.27. The average molecular weight is 213 g/mol. The molecule has 1 aliphatic rings. The molecule has 1 rings (SSSR count). The summed E-state index contributed by atoms with van der Waals surface area (Å²) in [5.74, 6) is 0.174. The Morgan fingerprint density at radius 1 is 1.33 bits per heavy atom. The minimum atomic E-state index is -0.827. The summed E-state index contributed by atoms with van der Waals surface area (Å²) >= 11 is 0. The van der Waals surface area contributed by atoms with Gasteiger partial charge in [0, 0.05) is 6.04 Å². The lowest BCUT2D eigenvalue weighted by atomic mass is 9.95. The van der Waals surface area contributed by atoms with Gasteiger partial charge in [-0.1, -0.05) is 33.1 Å². The van der Waals surface area contributed by atoms with Crippen LogP contribution in [0.1, 0.15) is 52.4 Å². The van der Waals surface area contributed by atoms with E-state index in [1.165, 1.54) is 19.3 Å². The van der Waals surface area contributed by atoms with Gasteiger partial charge in [0.15, 0.2) is 0 Å². The molecule has 0 aromatic rings. The average Bonchev–Trinajstić information content (AvgIpc) is 2.18. The molecular weight excluding hydrogens is 190 g/mol. The Morgan fingerprint density at radius 2 is 1.93 bits per heavy atom. The minimum absolute atomic E-state index is 0.185. The van der Waals surface area contributed by atoms with Crippen molar-refractivity contribution in [1.29, 1.82) is 0 Å². The lowest BCUT2D eigenvalue weighted by molar-refractivity contribution is -0.131. The SMILES string of the molecule is CC(C)CC(O)C(=O)NC1CCCCC1. The fraction of sp³-hybridized carbons (Fsp3) is 0.917. The molecule has 0 aromatic heterocycles. The molecule has 0 spiro atoms. The first kappa shape index (κ1) is 12.5. The predicted molar refractivity (Wildman–Crippen MR) is 60.5 cm³/mol. The molecule has 0 aliphatic heterocycles. The van der Waals surface area contributed by atoms with Crippen LogP contribution in [0.15, 0.2) is 0 Å². The lowest BCUT2D eigenvalue weighted by Gasteiger charge is -2.24.